The van der Waals surface area contributed by atoms with E-state index < -0.39 is 17.2 Å². The SMILES string of the molecule is Cc1cc(=O)c(C(=O)Nc2ccccc2SC(=O)N(C)C)nn1-c1ccccc1F. The number of nitrogens with zero attached hydrogens (tertiary/aromatic N) is 3. The Kier molecular flexibility index (Phi) is 6.31. The maximum absolute atomic E-state index is 14.2. The number of para-hydroxylation sites is 2. The van der Waals surface area contributed by atoms with Crippen LogP contribution in [0.3, 0.4) is 0 Å². The molecule has 0 atom stereocenters. The lowest BCUT2D eigenvalue weighted by atomic mass is 10.2. The molecule has 0 spiro atoms. The molecule has 0 aliphatic rings. The minimum atomic E-state index is -0.754. The number of benzene rings is 2. The topological polar surface area (TPSA) is 84.3 Å². The van der Waals surface area contributed by atoms with Crippen LogP contribution in [0.4, 0.5) is 14.9 Å². The average molecular weight is 426 g/mol. The maximum atomic E-state index is 14.2. The second-order valence-electron chi connectivity index (χ2n) is 6.57. The van der Waals surface area contributed by atoms with Crippen molar-refractivity contribution < 1.29 is 14.0 Å². The number of hydrogen-bond acceptors (Lipinski definition) is 5. The molecule has 0 radical (unpaired) electrons. The number of rotatable bonds is 4. The molecule has 0 fully saturated rings. The van der Waals surface area contributed by atoms with E-state index >= 15 is 0 Å². The van der Waals surface area contributed by atoms with E-state index in [0.717, 1.165) is 11.8 Å². The zero-order valence-corrected chi connectivity index (χ0v) is 17.4. The molecule has 154 valence electrons. The van der Waals surface area contributed by atoms with Crippen LogP contribution in [-0.2, 0) is 0 Å². The fraction of sp³-hybridized carbons (Fsp3) is 0.143. The van der Waals surface area contributed by atoms with Crippen molar-refractivity contribution in [2.24, 2.45) is 0 Å². The van der Waals surface area contributed by atoms with Gasteiger partial charge in [0.15, 0.2) is 5.69 Å². The summed E-state index contributed by atoms with van der Waals surface area (Å²) in [6, 6.07) is 13.9. The number of carbonyl (C=O) groups is 2. The van der Waals surface area contributed by atoms with E-state index in [2.05, 4.69) is 10.4 Å². The number of carbonyl (C=O) groups excluding carboxylic acids is 2. The van der Waals surface area contributed by atoms with Gasteiger partial charge in [-0.25, -0.2) is 9.07 Å². The molecule has 0 saturated heterocycles. The van der Waals surface area contributed by atoms with Crippen LogP contribution in [0.5, 0.6) is 0 Å². The van der Waals surface area contributed by atoms with E-state index in [1.165, 1.54) is 33.8 Å². The van der Waals surface area contributed by atoms with Crippen molar-refractivity contribution in [3.63, 3.8) is 0 Å². The molecule has 0 aliphatic carbocycles. The Bertz CT molecular complexity index is 1180. The third-order valence-electron chi connectivity index (χ3n) is 4.10. The molecule has 0 bridgehead atoms. The van der Waals surface area contributed by atoms with Crippen LogP contribution in [0.1, 0.15) is 16.2 Å². The number of nitrogens with one attached hydrogen (secondary N) is 1. The maximum Gasteiger partial charge on any atom is 0.286 e. The molecule has 1 aromatic heterocycles. The van der Waals surface area contributed by atoms with Crippen LogP contribution >= 0.6 is 11.8 Å². The van der Waals surface area contributed by atoms with Crippen molar-refractivity contribution in [1.82, 2.24) is 14.7 Å². The lowest BCUT2D eigenvalue weighted by Gasteiger charge is -2.14. The molecule has 3 aromatic rings. The van der Waals surface area contributed by atoms with Crippen molar-refractivity contribution in [3.8, 4) is 5.69 Å². The molecule has 7 nitrogen and oxygen atoms in total. The highest BCUT2D eigenvalue weighted by Gasteiger charge is 2.19. The van der Waals surface area contributed by atoms with Gasteiger partial charge in [-0.2, -0.15) is 5.10 Å². The lowest BCUT2D eigenvalue weighted by molar-refractivity contribution is 0.101. The third kappa shape index (κ3) is 4.57. The van der Waals surface area contributed by atoms with Crippen LogP contribution in [0, 0.1) is 12.7 Å². The molecular weight excluding hydrogens is 407 g/mol. The van der Waals surface area contributed by atoms with Gasteiger partial charge in [0.05, 0.1) is 5.69 Å². The van der Waals surface area contributed by atoms with Crippen molar-refractivity contribution in [3.05, 3.63) is 82.0 Å². The van der Waals surface area contributed by atoms with Gasteiger partial charge < -0.3 is 10.2 Å². The quantitative estimate of drug-likeness (QED) is 0.643. The molecule has 3 rings (SSSR count). The summed E-state index contributed by atoms with van der Waals surface area (Å²) in [6.45, 7) is 1.60. The number of hydrogen-bond donors (Lipinski definition) is 1. The summed E-state index contributed by atoms with van der Waals surface area (Å²) in [5.41, 5.74) is -0.109. The normalized spacial score (nSPS) is 10.5. The molecule has 2 aromatic carbocycles. The fourth-order valence-corrected chi connectivity index (χ4v) is 3.34. The van der Waals surface area contributed by atoms with Crippen molar-refractivity contribution in [1.29, 1.82) is 0 Å². The Labute approximate surface area is 176 Å². The van der Waals surface area contributed by atoms with E-state index in [0.29, 0.717) is 16.3 Å². The summed E-state index contributed by atoms with van der Waals surface area (Å²) in [7, 11) is 3.25. The Morgan fingerprint density at radius 3 is 2.47 bits per heavy atom. The van der Waals surface area contributed by atoms with Crippen LogP contribution in [0.15, 0.2) is 64.3 Å². The monoisotopic (exact) mass is 426 g/mol. The first-order chi connectivity index (χ1) is 14.3. The largest absolute Gasteiger partial charge is 0.339 e. The predicted octanol–water partition coefficient (Wildman–Crippen LogP) is 3.71. The Morgan fingerprint density at radius 2 is 1.77 bits per heavy atom. The number of aromatic nitrogens is 2. The molecule has 9 heteroatoms. The van der Waals surface area contributed by atoms with Gasteiger partial charge in [0.25, 0.3) is 11.1 Å². The van der Waals surface area contributed by atoms with Crippen molar-refractivity contribution in [2.75, 3.05) is 19.4 Å². The highest BCUT2D eigenvalue weighted by atomic mass is 32.2. The summed E-state index contributed by atoms with van der Waals surface area (Å²) >= 11 is 0.943. The minimum Gasteiger partial charge on any atom is -0.339 e. The van der Waals surface area contributed by atoms with Gasteiger partial charge in [-0.05, 0) is 43.0 Å². The minimum absolute atomic E-state index is 0.122. The van der Waals surface area contributed by atoms with Crippen LogP contribution in [0.25, 0.3) is 5.69 Å². The lowest BCUT2D eigenvalue weighted by Crippen LogP contribution is -2.27. The zero-order chi connectivity index (χ0) is 21.8. The van der Waals surface area contributed by atoms with E-state index in [-0.39, 0.29) is 16.6 Å². The molecule has 0 aliphatic heterocycles. The van der Waals surface area contributed by atoms with Gasteiger partial charge >= 0.3 is 0 Å². The summed E-state index contributed by atoms with van der Waals surface area (Å²) in [4.78, 5) is 39.2. The van der Waals surface area contributed by atoms with E-state index in [1.807, 2.05) is 0 Å². The number of amides is 2. The highest BCUT2D eigenvalue weighted by molar-refractivity contribution is 8.13. The van der Waals surface area contributed by atoms with Crippen LogP contribution in [-0.4, -0.2) is 39.9 Å². The smallest absolute Gasteiger partial charge is 0.286 e. The van der Waals surface area contributed by atoms with Gasteiger partial charge in [-0.3, -0.25) is 14.4 Å². The number of thioether (sulfide) groups is 1. The highest BCUT2D eigenvalue weighted by Crippen LogP contribution is 2.28. The predicted molar refractivity (Wildman–Crippen MR) is 114 cm³/mol. The summed E-state index contributed by atoms with van der Waals surface area (Å²) in [5, 5.41) is 6.50. The molecule has 1 heterocycles. The Morgan fingerprint density at radius 1 is 1.10 bits per heavy atom. The number of halogens is 1. The second-order valence-corrected chi connectivity index (χ2v) is 7.57. The van der Waals surface area contributed by atoms with Crippen molar-refractivity contribution >= 4 is 28.6 Å². The number of aryl methyl sites for hydroxylation is 1. The molecular formula is C21H19FN4O3S. The first kappa shape index (κ1) is 21.3. The van der Waals surface area contributed by atoms with E-state index in [9.17, 15) is 18.8 Å². The fourth-order valence-electron chi connectivity index (χ4n) is 2.60. The van der Waals surface area contributed by atoms with Crippen molar-refractivity contribution in [2.45, 2.75) is 11.8 Å². The summed E-state index contributed by atoms with van der Waals surface area (Å²) in [5.74, 6) is -1.29. The van der Waals surface area contributed by atoms with Crippen LogP contribution < -0.4 is 10.7 Å². The summed E-state index contributed by atoms with van der Waals surface area (Å²) in [6.07, 6.45) is 0. The van der Waals surface area contributed by atoms with Gasteiger partial charge in [0.2, 0.25) is 5.43 Å². The van der Waals surface area contributed by atoms with E-state index in [1.54, 1.807) is 51.4 Å². The van der Waals surface area contributed by atoms with Gasteiger partial charge in [-0.15, -0.1) is 0 Å². The molecule has 0 saturated carbocycles. The first-order valence-electron chi connectivity index (χ1n) is 8.93. The van der Waals surface area contributed by atoms with Crippen LogP contribution in [0.2, 0.25) is 0 Å². The Hall–Kier alpha value is -3.46. The standard InChI is InChI=1S/C21H19FN4O3S/c1-13-12-17(27)19(24-26(13)16-10-6-4-8-14(16)22)20(28)23-15-9-5-7-11-18(15)30-21(29)25(2)3/h4-12H,1-3H3,(H,23,28). The molecule has 30 heavy (non-hydrogen) atoms. The van der Waals surface area contributed by atoms with Gasteiger partial charge in [0.1, 0.15) is 11.5 Å². The first-order valence-corrected chi connectivity index (χ1v) is 9.75. The van der Waals surface area contributed by atoms with Gasteiger partial charge in [-0.1, -0.05) is 24.3 Å². The zero-order valence-electron chi connectivity index (χ0n) is 16.5. The van der Waals surface area contributed by atoms with E-state index in [4.69, 9.17) is 0 Å². The summed E-state index contributed by atoms with van der Waals surface area (Å²) < 4.78 is 15.4. The molecule has 1 N–H and O–H groups in total. The number of anilines is 1. The average Bonchev–Trinajstić information content (AvgIpc) is 2.70. The Balaban J connectivity index is 1.96. The third-order valence-corrected chi connectivity index (χ3v) is 5.22. The second kappa shape index (κ2) is 8.91. The molecule has 0 unspecified atom stereocenters. The van der Waals surface area contributed by atoms with Gasteiger partial charge in [0, 0.05) is 30.8 Å². The molecule has 2 amide bonds.